The normalized spacial score (nSPS) is 24.0. The van der Waals surface area contributed by atoms with E-state index in [0.29, 0.717) is 19.0 Å². The van der Waals surface area contributed by atoms with Gasteiger partial charge in [-0.2, -0.15) is 0 Å². The fraction of sp³-hybridized carbons (Fsp3) is 0.625. The number of hydrogen-bond donors (Lipinski definition) is 0. The summed E-state index contributed by atoms with van der Waals surface area (Å²) in [6.07, 6.45) is 3.86. The molecule has 7 heteroatoms. The van der Waals surface area contributed by atoms with Crippen molar-refractivity contribution in [1.82, 2.24) is 0 Å². The molecule has 2 fully saturated rings. The van der Waals surface area contributed by atoms with E-state index in [0.717, 1.165) is 44.8 Å². The minimum Gasteiger partial charge on any atom is -0.491 e. The third-order valence-corrected chi connectivity index (χ3v) is 5.69. The molecule has 1 aromatic rings. The number of ether oxygens (including phenoxy) is 3. The Morgan fingerprint density at radius 2 is 2.09 bits per heavy atom. The Bertz CT molecular complexity index is 667. The van der Waals surface area contributed by atoms with E-state index in [1.54, 1.807) is 0 Å². The Balaban J connectivity index is 1.61. The van der Waals surface area contributed by atoms with Gasteiger partial charge in [-0.3, -0.25) is 0 Å². The summed E-state index contributed by atoms with van der Waals surface area (Å²) >= 11 is 0. The molecule has 0 amide bonds. The van der Waals surface area contributed by atoms with E-state index < -0.39 is 15.7 Å². The number of benzene rings is 1. The van der Waals surface area contributed by atoms with Gasteiger partial charge in [-0.1, -0.05) is 0 Å². The van der Waals surface area contributed by atoms with E-state index in [1.165, 1.54) is 12.1 Å². The number of hydrogen-bond acceptors (Lipinski definition) is 5. The van der Waals surface area contributed by atoms with Crippen molar-refractivity contribution >= 4 is 9.84 Å². The van der Waals surface area contributed by atoms with Gasteiger partial charge in [0.05, 0.1) is 12.7 Å². The van der Waals surface area contributed by atoms with Crippen LogP contribution in [-0.2, 0) is 19.3 Å². The molecule has 0 radical (unpaired) electrons. The average molecular weight is 344 g/mol. The first-order valence-electron chi connectivity index (χ1n) is 7.70. The Morgan fingerprint density at radius 3 is 2.78 bits per heavy atom. The highest BCUT2D eigenvalue weighted by molar-refractivity contribution is 7.90. The van der Waals surface area contributed by atoms with Crippen molar-refractivity contribution in [2.75, 3.05) is 32.7 Å². The second-order valence-electron chi connectivity index (χ2n) is 6.42. The molecule has 2 saturated heterocycles. The van der Waals surface area contributed by atoms with Crippen LogP contribution in [0.1, 0.15) is 19.3 Å². The monoisotopic (exact) mass is 344 g/mol. The van der Waals surface area contributed by atoms with Crippen molar-refractivity contribution in [1.29, 1.82) is 0 Å². The molecular formula is C16H21FO5S. The summed E-state index contributed by atoms with van der Waals surface area (Å²) in [7, 11) is -3.62. The van der Waals surface area contributed by atoms with Gasteiger partial charge < -0.3 is 14.2 Å². The largest absolute Gasteiger partial charge is 0.491 e. The highest BCUT2D eigenvalue weighted by Gasteiger charge is 2.41. The summed E-state index contributed by atoms with van der Waals surface area (Å²) in [6, 6.07) is 3.77. The topological polar surface area (TPSA) is 61.8 Å². The summed E-state index contributed by atoms with van der Waals surface area (Å²) in [5, 5.41) is 0. The summed E-state index contributed by atoms with van der Waals surface area (Å²) in [5.41, 5.74) is 0.187. The van der Waals surface area contributed by atoms with E-state index in [-0.39, 0.29) is 16.4 Å². The van der Waals surface area contributed by atoms with E-state index in [9.17, 15) is 12.8 Å². The van der Waals surface area contributed by atoms with Crippen molar-refractivity contribution in [2.24, 2.45) is 5.41 Å². The van der Waals surface area contributed by atoms with Crippen molar-refractivity contribution in [3.8, 4) is 5.75 Å². The van der Waals surface area contributed by atoms with E-state index >= 15 is 0 Å². The molecular weight excluding hydrogens is 323 g/mol. The molecule has 1 spiro atoms. The molecule has 0 saturated carbocycles. The lowest BCUT2D eigenvalue weighted by Gasteiger charge is -2.31. The summed E-state index contributed by atoms with van der Waals surface area (Å²) in [5.74, 6) is -0.429. The van der Waals surface area contributed by atoms with Crippen LogP contribution in [0.5, 0.6) is 5.75 Å². The van der Waals surface area contributed by atoms with Gasteiger partial charge in [0.1, 0.15) is 23.1 Å². The van der Waals surface area contributed by atoms with Crippen LogP contribution in [0.4, 0.5) is 4.39 Å². The van der Waals surface area contributed by atoms with Crippen LogP contribution in [0.25, 0.3) is 0 Å². The molecule has 2 aliphatic rings. The van der Waals surface area contributed by atoms with Gasteiger partial charge in [0.15, 0.2) is 9.84 Å². The van der Waals surface area contributed by atoms with Gasteiger partial charge in [0.25, 0.3) is 0 Å². The maximum Gasteiger partial charge on any atom is 0.178 e. The van der Waals surface area contributed by atoms with E-state index in [2.05, 4.69) is 0 Å². The zero-order valence-electron chi connectivity index (χ0n) is 13.1. The van der Waals surface area contributed by atoms with Gasteiger partial charge in [0.2, 0.25) is 0 Å². The van der Waals surface area contributed by atoms with Gasteiger partial charge in [0, 0.05) is 31.0 Å². The number of rotatable bonds is 4. The fourth-order valence-corrected chi connectivity index (χ4v) is 3.95. The van der Waals surface area contributed by atoms with Crippen LogP contribution in [-0.4, -0.2) is 47.2 Å². The molecule has 0 aromatic heterocycles. The van der Waals surface area contributed by atoms with Gasteiger partial charge >= 0.3 is 0 Å². The molecule has 0 N–H and O–H groups in total. The van der Waals surface area contributed by atoms with Crippen LogP contribution in [0.2, 0.25) is 0 Å². The van der Waals surface area contributed by atoms with Gasteiger partial charge in [-0.25, -0.2) is 12.8 Å². The quantitative estimate of drug-likeness (QED) is 0.838. The molecule has 1 unspecified atom stereocenters. The van der Waals surface area contributed by atoms with Crippen LogP contribution < -0.4 is 4.74 Å². The molecule has 23 heavy (non-hydrogen) atoms. The fourth-order valence-electron chi connectivity index (χ4n) is 3.20. The standard InChI is InChI=1S/C16H21FO5S/c1-23(18,19)15-8-12(2-3-14(15)17)21-10-13-9-16(11-22-13)4-6-20-7-5-16/h2-3,8,13H,4-7,9-11H2,1H3. The van der Waals surface area contributed by atoms with Crippen molar-refractivity contribution in [2.45, 2.75) is 30.3 Å². The molecule has 1 atom stereocenters. The maximum absolute atomic E-state index is 13.6. The first kappa shape index (κ1) is 16.7. The third kappa shape index (κ3) is 3.84. The lowest BCUT2D eigenvalue weighted by molar-refractivity contribution is 0.00522. The third-order valence-electron chi connectivity index (χ3n) is 4.58. The van der Waals surface area contributed by atoms with Crippen molar-refractivity contribution in [3.05, 3.63) is 24.0 Å². The molecule has 1 aromatic carbocycles. The highest BCUT2D eigenvalue weighted by Crippen LogP contribution is 2.41. The Kier molecular flexibility index (Phi) is 4.62. The van der Waals surface area contributed by atoms with Crippen LogP contribution in [0.3, 0.4) is 0 Å². The SMILES string of the molecule is CS(=O)(=O)c1cc(OCC2CC3(CCOCC3)CO2)ccc1F. The second kappa shape index (κ2) is 6.37. The Hall–Kier alpha value is -1.18. The predicted octanol–water partition coefficient (Wildman–Crippen LogP) is 2.19. The predicted molar refractivity (Wildman–Crippen MR) is 81.8 cm³/mol. The molecule has 2 aliphatic heterocycles. The van der Waals surface area contributed by atoms with Crippen molar-refractivity contribution in [3.63, 3.8) is 0 Å². The first-order chi connectivity index (χ1) is 10.9. The molecule has 0 bridgehead atoms. The first-order valence-corrected chi connectivity index (χ1v) is 9.59. The Morgan fingerprint density at radius 1 is 1.35 bits per heavy atom. The minimum atomic E-state index is -3.62. The van der Waals surface area contributed by atoms with Crippen LogP contribution in [0, 0.1) is 11.2 Å². The van der Waals surface area contributed by atoms with Crippen LogP contribution >= 0.6 is 0 Å². The highest BCUT2D eigenvalue weighted by atomic mass is 32.2. The lowest BCUT2D eigenvalue weighted by Crippen LogP contribution is -2.30. The average Bonchev–Trinajstić information content (AvgIpc) is 2.89. The van der Waals surface area contributed by atoms with Gasteiger partial charge in [-0.05, 0) is 31.4 Å². The lowest BCUT2D eigenvalue weighted by atomic mass is 9.78. The summed E-state index contributed by atoms with van der Waals surface area (Å²) in [4.78, 5) is -0.344. The molecule has 2 heterocycles. The minimum absolute atomic E-state index is 0.0279. The molecule has 3 rings (SSSR count). The van der Waals surface area contributed by atoms with E-state index in [4.69, 9.17) is 14.2 Å². The van der Waals surface area contributed by atoms with Gasteiger partial charge in [-0.15, -0.1) is 0 Å². The van der Waals surface area contributed by atoms with E-state index in [1.807, 2.05) is 0 Å². The number of sulfone groups is 1. The second-order valence-corrected chi connectivity index (χ2v) is 8.41. The summed E-state index contributed by atoms with van der Waals surface area (Å²) in [6.45, 7) is 2.58. The van der Waals surface area contributed by atoms with Crippen molar-refractivity contribution < 1.29 is 27.0 Å². The molecule has 5 nitrogen and oxygen atoms in total. The zero-order valence-corrected chi connectivity index (χ0v) is 13.9. The molecule has 128 valence electrons. The zero-order chi connectivity index (χ0) is 16.5. The molecule has 0 aliphatic carbocycles. The number of halogens is 1. The smallest absolute Gasteiger partial charge is 0.178 e. The Labute approximate surface area is 135 Å². The maximum atomic E-state index is 13.6. The van der Waals surface area contributed by atoms with Crippen LogP contribution in [0.15, 0.2) is 23.1 Å². The summed E-state index contributed by atoms with van der Waals surface area (Å²) < 4.78 is 53.5.